The summed E-state index contributed by atoms with van der Waals surface area (Å²) in [5.74, 6) is -0.182. The number of carbonyl (C=O) groups excluding carboxylic acids is 2. The molecule has 3 rings (SSSR count). The third-order valence-electron chi connectivity index (χ3n) is 6.29. The summed E-state index contributed by atoms with van der Waals surface area (Å²) in [7, 11) is 3.13. The van der Waals surface area contributed by atoms with E-state index in [0.29, 0.717) is 19.6 Å². The first-order chi connectivity index (χ1) is 15.5. The molecule has 2 aromatic rings. The summed E-state index contributed by atoms with van der Waals surface area (Å²) in [6, 6.07) is 9.87. The standard InChI is InChI=1S/C25H37N3O4/c1-17(2)23(27-20-13-19(15-26-16-20)25(30)32-4)24(29)22-14-18-9-5-6-10-21(18)28(22)11-7-8-12-31-3/h5-6,9-10,14,17,19-20,23,26-27H,7-8,11-13,15-16H2,1-4H3/t19-,20+,23?/m1/s1. The van der Waals surface area contributed by atoms with E-state index in [9.17, 15) is 9.59 Å². The maximum atomic E-state index is 13.8. The zero-order valence-electron chi connectivity index (χ0n) is 19.7. The maximum Gasteiger partial charge on any atom is 0.310 e. The number of rotatable bonds is 11. The number of nitrogens with one attached hydrogen (secondary N) is 2. The Labute approximate surface area is 190 Å². The minimum atomic E-state index is -0.333. The number of unbranched alkanes of at least 4 members (excludes halogenated alkanes) is 1. The summed E-state index contributed by atoms with van der Waals surface area (Å²) >= 11 is 0. The third-order valence-corrected chi connectivity index (χ3v) is 6.29. The number of nitrogens with zero attached hydrogens (tertiary/aromatic N) is 1. The van der Waals surface area contributed by atoms with Crippen LogP contribution in [-0.2, 0) is 20.8 Å². The number of piperidine rings is 1. The number of hydrogen-bond acceptors (Lipinski definition) is 6. The molecule has 0 amide bonds. The lowest BCUT2D eigenvalue weighted by Crippen LogP contribution is -2.55. The molecule has 1 fully saturated rings. The lowest BCUT2D eigenvalue weighted by Gasteiger charge is -2.33. The van der Waals surface area contributed by atoms with Gasteiger partial charge in [0.2, 0.25) is 0 Å². The van der Waals surface area contributed by atoms with Crippen molar-refractivity contribution in [3.63, 3.8) is 0 Å². The van der Waals surface area contributed by atoms with Gasteiger partial charge in [-0.3, -0.25) is 9.59 Å². The largest absolute Gasteiger partial charge is 0.469 e. The van der Waals surface area contributed by atoms with Crippen molar-refractivity contribution >= 4 is 22.7 Å². The first kappa shape index (κ1) is 24.4. The zero-order valence-corrected chi connectivity index (χ0v) is 19.7. The van der Waals surface area contributed by atoms with E-state index in [0.717, 1.165) is 42.5 Å². The number of para-hydroxylation sites is 1. The van der Waals surface area contributed by atoms with Gasteiger partial charge in [-0.2, -0.15) is 0 Å². The summed E-state index contributed by atoms with van der Waals surface area (Å²) in [5, 5.41) is 7.94. The van der Waals surface area contributed by atoms with Gasteiger partial charge in [0.15, 0.2) is 5.78 Å². The molecule has 1 aromatic carbocycles. The Bertz CT molecular complexity index is 908. The summed E-state index contributed by atoms with van der Waals surface area (Å²) in [6.07, 6.45) is 2.56. The topological polar surface area (TPSA) is 81.6 Å². The number of hydrogen-bond donors (Lipinski definition) is 2. The highest BCUT2D eigenvalue weighted by Crippen LogP contribution is 2.24. The van der Waals surface area contributed by atoms with Gasteiger partial charge in [0.05, 0.1) is 24.8 Å². The average molecular weight is 444 g/mol. The number of methoxy groups -OCH3 is 2. The second-order valence-corrected chi connectivity index (χ2v) is 9.00. The second-order valence-electron chi connectivity index (χ2n) is 9.00. The highest BCUT2D eigenvalue weighted by Gasteiger charge is 2.33. The van der Waals surface area contributed by atoms with Crippen molar-refractivity contribution in [2.75, 3.05) is 33.9 Å². The molecule has 1 aliphatic rings. The van der Waals surface area contributed by atoms with E-state index in [4.69, 9.17) is 9.47 Å². The van der Waals surface area contributed by atoms with Crippen molar-refractivity contribution in [3.05, 3.63) is 36.0 Å². The molecule has 7 nitrogen and oxygen atoms in total. The van der Waals surface area contributed by atoms with Crippen LogP contribution >= 0.6 is 0 Å². The van der Waals surface area contributed by atoms with Crippen LogP contribution in [0.3, 0.4) is 0 Å². The summed E-state index contributed by atoms with van der Waals surface area (Å²) in [6.45, 7) is 6.96. The Morgan fingerprint density at radius 2 is 1.97 bits per heavy atom. The molecule has 0 aliphatic carbocycles. The number of carbonyl (C=O) groups is 2. The Hall–Kier alpha value is -2.22. The highest BCUT2D eigenvalue weighted by molar-refractivity contribution is 6.03. The molecule has 0 saturated carbocycles. The number of benzene rings is 1. The predicted molar refractivity (Wildman–Crippen MR) is 126 cm³/mol. The Morgan fingerprint density at radius 3 is 2.69 bits per heavy atom. The molecule has 7 heteroatoms. The van der Waals surface area contributed by atoms with E-state index in [1.165, 1.54) is 7.11 Å². The first-order valence-corrected chi connectivity index (χ1v) is 11.6. The van der Waals surface area contributed by atoms with E-state index in [1.807, 2.05) is 18.2 Å². The van der Waals surface area contributed by atoms with Crippen molar-refractivity contribution < 1.29 is 19.1 Å². The van der Waals surface area contributed by atoms with Crippen LogP contribution in [0, 0.1) is 11.8 Å². The van der Waals surface area contributed by atoms with E-state index < -0.39 is 0 Å². The Kier molecular flexibility index (Phi) is 8.84. The molecule has 1 aromatic heterocycles. The summed E-state index contributed by atoms with van der Waals surface area (Å²) in [4.78, 5) is 25.8. The van der Waals surface area contributed by atoms with Crippen LogP contribution < -0.4 is 10.6 Å². The van der Waals surface area contributed by atoms with Gasteiger partial charge in [-0.15, -0.1) is 0 Å². The van der Waals surface area contributed by atoms with Gasteiger partial charge in [0, 0.05) is 50.3 Å². The molecule has 1 unspecified atom stereocenters. The number of aryl methyl sites for hydroxylation is 1. The molecule has 3 atom stereocenters. The van der Waals surface area contributed by atoms with Crippen LogP contribution in [0.2, 0.25) is 0 Å². The molecule has 0 spiro atoms. The molecule has 0 radical (unpaired) electrons. The van der Waals surface area contributed by atoms with Gasteiger partial charge in [-0.25, -0.2) is 0 Å². The molecule has 1 saturated heterocycles. The van der Waals surface area contributed by atoms with E-state index in [2.05, 4.69) is 41.2 Å². The third kappa shape index (κ3) is 5.77. The van der Waals surface area contributed by atoms with E-state index in [1.54, 1.807) is 7.11 Å². The zero-order chi connectivity index (χ0) is 23.1. The first-order valence-electron chi connectivity index (χ1n) is 11.6. The van der Waals surface area contributed by atoms with Crippen LogP contribution in [0.5, 0.6) is 0 Å². The number of fused-ring (bicyclic) bond motifs is 1. The van der Waals surface area contributed by atoms with Gasteiger partial charge < -0.3 is 24.7 Å². The van der Waals surface area contributed by atoms with Crippen LogP contribution in [0.1, 0.15) is 43.6 Å². The van der Waals surface area contributed by atoms with Crippen molar-refractivity contribution in [1.82, 2.24) is 15.2 Å². The normalized spacial score (nSPS) is 19.9. The van der Waals surface area contributed by atoms with Crippen molar-refractivity contribution in [2.45, 2.75) is 51.7 Å². The number of esters is 1. The van der Waals surface area contributed by atoms with Gasteiger partial charge in [0.25, 0.3) is 0 Å². The molecule has 2 N–H and O–H groups in total. The Morgan fingerprint density at radius 1 is 1.19 bits per heavy atom. The van der Waals surface area contributed by atoms with Crippen LogP contribution in [0.15, 0.2) is 30.3 Å². The number of aromatic nitrogens is 1. The smallest absolute Gasteiger partial charge is 0.310 e. The molecule has 32 heavy (non-hydrogen) atoms. The van der Waals surface area contributed by atoms with Crippen molar-refractivity contribution in [3.8, 4) is 0 Å². The fourth-order valence-electron chi connectivity index (χ4n) is 4.57. The molecule has 0 bridgehead atoms. The van der Waals surface area contributed by atoms with Gasteiger partial charge in [0.1, 0.15) is 0 Å². The number of Topliss-reactive ketones (excluding diaryl/α,β-unsaturated/α-hetero) is 1. The number of ketones is 1. The molecule has 176 valence electrons. The Balaban J connectivity index is 1.82. The minimum Gasteiger partial charge on any atom is -0.469 e. The fraction of sp³-hybridized carbons (Fsp3) is 0.600. The van der Waals surface area contributed by atoms with Gasteiger partial charge in [-0.05, 0) is 37.3 Å². The summed E-state index contributed by atoms with van der Waals surface area (Å²) in [5.41, 5.74) is 1.82. The molecule has 1 aliphatic heterocycles. The van der Waals surface area contributed by atoms with Crippen LogP contribution in [0.4, 0.5) is 0 Å². The van der Waals surface area contributed by atoms with Crippen LogP contribution in [-0.4, -0.2) is 62.3 Å². The maximum absolute atomic E-state index is 13.8. The van der Waals surface area contributed by atoms with Gasteiger partial charge in [-0.1, -0.05) is 32.0 Å². The van der Waals surface area contributed by atoms with Crippen LogP contribution in [0.25, 0.3) is 10.9 Å². The average Bonchev–Trinajstić information content (AvgIpc) is 3.18. The quantitative estimate of drug-likeness (QED) is 0.316. The lowest BCUT2D eigenvalue weighted by atomic mass is 9.92. The minimum absolute atomic E-state index is 0.0312. The van der Waals surface area contributed by atoms with Gasteiger partial charge >= 0.3 is 5.97 Å². The fourth-order valence-corrected chi connectivity index (χ4v) is 4.57. The predicted octanol–water partition coefficient (Wildman–Crippen LogP) is 3.02. The highest BCUT2D eigenvalue weighted by atomic mass is 16.5. The molecular weight excluding hydrogens is 406 g/mol. The van der Waals surface area contributed by atoms with E-state index >= 15 is 0 Å². The molecular formula is C25H37N3O4. The SMILES string of the molecule is COCCCCn1c(C(=O)C(N[C@@H]2CNC[C@H](C(=O)OC)C2)C(C)C)cc2ccccc21. The number of ether oxygens (including phenoxy) is 2. The lowest BCUT2D eigenvalue weighted by molar-refractivity contribution is -0.146. The monoisotopic (exact) mass is 443 g/mol. The van der Waals surface area contributed by atoms with Crippen molar-refractivity contribution in [2.24, 2.45) is 11.8 Å². The summed E-state index contributed by atoms with van der Waals surface area (Å²) < 4.78 is 12.3. The van der Waals surface area contributed by atoms with Crippen molar-refractivity contribution in [1.29, 1.82) is 0 Å². The van der Waals surface area contributed by atoms with E-state index in [-0.39, 0.29) is 35.7 Å². The molecule has 2 heterocycles. The second kappa shape index (κ2) is 11.6.